The number of hydrogen-bond donors (Lipinski definition) is 2. The molecule has 0 aliphatic carbocycles. The highest BCUT2D eigenvalue weighted by Crippen LogP contribution is 2.23. The smallest absolute Gasteiger partial charge is 0.270 e. The summed E-state index contributed by atoms with van der Waals surface area (Å²) in [7, 11) is 3.14. The van der Waals surface area contributed by atoms with Gasteiger partial charge in [0.25, 0.3) is 11.6 Å². The highest BCUT2D eigenvalue weighted by atomic mass is 16.6. The maximum atomic E-state index is 12.4. The van der Waals surface area contributed by atoms with Crippen LogP contribution in [0, 0.1) is 10.1 Å². The molecule has 110 valence electrons. The van der Waals surface area contributed by atoms with Gasteiger partial charge < -0.3 is 15.1 Å². The number of rotatable bonds is 6. The van der Waals surface area contributed by atoms with Crippen LogP contribution in [-0.4, -0.2) is 42.5 Å². The second kappa shape index (κ2) is 6.83. The molecule has 8 nitrogen and oxygen atoms in total. The van der Waals surface area contributed by atoms with E-state index < -0.39 is 4.92 Å². The van der Waals surface area contributed by atoms with E-state index in [4.69, 9.17) is 10.6 Å². The number of non-ortho nitro benzene ring substituents is 1. The second-order valence-electron chi connectivity index (χ2n) is 4.35. The van der Waals surface area contributed by atoms with Gasteiger partial charge in [-0.2, -0.15) is 0 Å². The molecule has 1 aromatic rings. The van der Waals surface area contributed by atoms with Crippen molar-refractivity contribution in [1.29, 1.82) is 0 Å². The Bertz CT molecular complexity index is 506. The number of carbonyl (C=O) groups excluding carboxylic acids is 1. The lowest BCUT2D eigenvalue weighted by molar-refractivity contribution is -0.384. The molecular formula is C12H18N4O4. The normalized spacial score (nSPS) is 11.8. The summed E-state index contributed by atoms with van der Waals surface area (Å²) in [6.07, 6.45) is 0. The molecule has 0 aliphatic heterocycles. The molecule has 0 bridgehead atoms. The number of amides is 1. The van der Waals surface area contributed by atoms with Crippen LogP contribution < -0.4 is 11.3 Å². The minimum atomic E-state index is -0.560. The molecular weight excluding hydrogens is 264 g/mol. The zero-order valence-electron chi connectivity index (χ0n) is 11.6. The van der Waals surface area contributed by atoms with Gasteiger partial charge in [-0.05, 0) is 13.0 Å². The Hall–Kier alpha value is -2.19. The fourth-order valence-electron chi connectivity index (χ4n) is 1.69. The summed E-state index contributed by atoms with van der Waals surface area (Å²) in [5.74, 6) is 4.96. The predicted octanol–water partition coefficient (Wildman–Crippen LogP) is 0.987. The summed E-state index contributed by atoms with van der Waals surface area (Å²) < 4.78 is 4.99. The van der Waals surface area contributed by atoms with E-state index in [0.717, 1.165) is 0 Å². The molecule has 0 saturated carbocycles. The molecule has 0 aliphatic rings. The summed E-state index contributed by atoms with van der Waals surface area (Å²) in [5, 5.41) is 10.8. The van der Waals surface area contributed by atoms with Crippen LogP contribution >= 0.6 is 0 Å². The average Bonchev–Trinajstić information content (AvgIpc) is 2.45. The zero-order chi connectivity index (χ0) is 15.3. The average molecular weight is 282 g/mol. The standard InChI is InChI=1S/C12H18N4O4/c1-8(7-20-3)15(2)12(17)10-6-9(16(18)19)4-5-11(10)14-13/h4-6,8,14H,7,13H2,1-3H3. The van der Waals surface area contributed by atoms with Crippen LogP contribution in [0.4, 0.5) is 11.4 Å². The van der Waals surface area contributed by atoms with E-state index in [9.17, 15) is 14.9 Å². The summed E-state index contributed by atoms with van der Waals surface area (Å²) >= 11 is 0. The van der Waals surface area contributed by atoms with Crippen molar-refractivity contribution in [2.45, 2.75) is 13.0 Å². The van der Waals surface area contributed by atoms with Gasteiger partial charge in [0, 0.05) is 26.3 Å². The lowest BCUT2D eigenvalue weighted by atomic mass is 10.1. The SMILES string of the molecule is COCC(C)N(C)C(=O)c1cc([N+](=O)[O-])ccc1NN. The number of hydrazine groups is 1. The van der Waals surface area contributed by atoms with Gasteiger partial charge in [-0.1, -0.05) is 0 Å². The molecule has 0 radical (unpaired) electrons. The first-order valence-electron chi connectivity index (χ1n) is 5.93. The molecule has 8 heteroatoms. The molecule has 20 heavy (non-hydrogen) atoms. The first-order chi connectivity index (χ1) is 9.42. The zero-order valence-corrected chi connectivity index (χ0v) is 11.6. The third-order valence-electron chi connectivity index (χ3n) is 2.99. The van der Waals surface area contributed by atoms with Crippen LogP contribution in [0.5, 0.6) is 0 Å². The van der Waals surface area contributed by atoms with Crippen molar-refractivity contribution in [2.75, 3.05) is 26.2 Å². The van der Waals surface area contributed by atoms with Gasteiger partial charge in [0.15, 0.2) is 0 Å². The third-order valence-corrected chi connectivity index (χ3v) is 2.99. The molecule has 0 fully saturated rings. The van der Waals surface area contributed by atoms with Gasteiger partial charge in [0.05, 0.1) is 28.8 Å². The van der Waals surface area contributed by atoms with Crippen LogP contribution in [0.3, 0.4) is 0 Å². The lowest BCUT2D eigenvalue weighted by Gasteiger charge is -2.25. The number of nitrogens with two attached hydrogens (primary N) is 1. The Balaban J connectivity index is 3.12. The van der Waals surface area contributed by atoms with Crippen molar-refractivity contribution in [3.05, 3.63) is 33.9 Å². The number of anilines is 1. The number of hydrogen-bond acceptors (Lipinski definition) is 6. The Morgan fingerprint density at radius 2 is 2.25 bits per heavy atom. The number of nitrogens with one attached hydrogen (secondary N) is 1. The van der Waals surface area contributed by atoms with E-state index in [1.54, 1.807) is 7.05 Å². The van der Waals surface area contributed by atoms with Gasteiger partial charge in [0.1, 0.15) is 0 Å². The first-order valence-corrected chi connectivity index (χ1v) is 5.93. The van der Waals surface area contributed by atoms with Crippen molar-refractivity contribution in [3.63, 3.8) is 0 Å². The fourth-order valence-corrected chi connectivity index (χ4v) is 1.69. The molecule has 1 amide bonds. The summed E-state index contributed by atoms with van der Waals surface area (Å²) in [4.78, 5) is 24.0. The Labute approximate surface area is 116 Å². The van der Waals surface area contributed by atoms with E-state index in [0.29, 0.717) is 12.3 Å². The summed E-state index contributed by atoms with van der Waals surface area (Å²) in [6, 6.07) is 3.72. The van der Waals surface area contributed by atoms with Gasteiger partial charge in [0.2, 0.25) is 0 Å². The van der Waals surface area contributed by atoms with Crippen molar-refractivity contribution in [1.82, 2.24) is 4.90 Å². The summed E-state index contributed by atoms with van der Waals surface area (Å²) in [5.41, 5.74) is 2.68. The quantitative estimate of drug-likeness (QED) is 0.457. The molecule has 1 aromatic carbocycles. The van der Waals surface area contributed by atoms with Crippen LogP contribution in [0.25, 0.3) is 0 Å². The molecule has 1 unspecified atom stereocenters. The van der Waals surface area contributed by atoms with Crippen LogP contribution in [-0.2, 0) is 4.74 Å². The number of carbonyl (C=O) groups is 1. The van der Waals surface area contributed by atoms with E-state index in [-0.39, 0.29) is 23.2 Å². The molecule has 1 rings (SSSR count). The largest absolute Gasteiger partial charge is 0.383 e. The number of likely N-dealkylation sites (N-methyl/N-ethyl adjacent to an activating group) is 1. The highest BCUT2D eigenvalue weighted by molar-refractivity contribution is 6.00. The van der Waals surface area contributed by atoms with Crippen molar-refractivity contribution >= 4 is 17.3 Å². The molecule has 0 spiro atoms. The molecule has 1 atom stereocenters. The maximum Gasteiger partial charge on any atom is 0.270 e. The van der Waals surface area contributed by atoms with E-state index in [1.165, 1.54) is 30.2 Å². The molecule has 0 heterocycles. The van der Waals surface area contributed by atoms with Gasteiger partial charge in [-0.15, -0.1) is 0 Å². The van der Waals surface area contributed by atoms with Crippen LogP contribution in [0.15, 0.2) is 18.2 Å². The van der Waals surface area contributed by atoms with Gasteiger partial charge in [-0.25, -0.2) is 0 Å². The lowest BCUT2D eigenvalue weighted by Crippen LogP contribution is -2.38. The van der Waals surface area contributed by atoms with Crippen molar-refractivity contribution < 1.29 is 14.5 Å². The number of nitrogens with zero attached hydrogens (tertiary/aromatic N) is 2. The van der Waals surface area contributed by atoms with E-state index in [2.05, 4.69) is 5.43 Å². The van der Waals surface area contributed by atoms with Crippen molar-refractivity contribution in [2.24, 2.45) is 5.84 Å². The first kappa shape index (κ1) is 15.9. The molecule has 3 N–H and O–H groups in total. The Morgan fingerprint density at radius 1 is 1.60 bits per heavy atom. The Morgan fingerprint density at radius 3 is 2.75 bits per heavy atom. The number of methoxy groups -OCH3 is 1. The number of ether oxygens (including phenoxy) is 1. The van der Waals surface area contributed by atoms with E-state index >= 15 is 0 Å². The number of benzene rings is 1. The van der Waals surface area contributed by atoms with Crippen LogP contribution in [0.1, 0.15) is 17.3 Å². The van der Waals surface area contributed by atoms with Gasteiger partial charge >= 0.3 is 0 Å². The van der Waals surface area contributed by atoms with Crippen molar-refractivity contribution in [3.8, 4) is 0 Å². The van der Waals surface area contributed by atoms with Gasteiger partial charge in [-0.3, -0.25) is 20.8 Å². The Kier molecular flexibility index (Phi) is 5.42. The monoisotopic (exact) mass is 282 g/mol. The number of nitro groups is 1. The van der Waals surface area contributed by atoms with Crippen LogP contribution in [0.2, 0.25) is 0 Å². The minimum Gasteiger partial charge on any atom is -0.383 e. The third kappa shape index (κ3) is 3.43. The second-order valence-corrected chi connectivity index (χ2v) is 4.35. The predicted molar refractivity (Wildman–Crippen MR) is 74.3 cm³/mol. The summed E-state index contributed by atoms with van der Waals surface area (Å²) in [6.45, 7) is 2.18. The number of nitrogen functional groups attached to an aromatic ring is 1. The topological polar surface area (TPSA) is 111 Å². The number of nitro benzene ring substituents is 1. The fraction of sp³-hybridized carbons (Fsp3) is 0.417. The minimum absolute atomic E-state index is 0.146. The van der Waals surface area contributed by atoms with E-state index in [1.807, 2.05) is 6.92 Å². The molecule has 0 aromatic heterocycles. The highest BCUT2D eigenvalue weighted by Gasteiger charge is 2.22. The maximum absolute atomic E-state index is 12.4. The molecule has 0 saturated heterocycles.